The van der Waals surface area contributed by atoms with Gasteiger partial charge in [-0.25, -0.2) is 0 Å². The van der Waals surface area contributed by atoms with Crippen molar-refractivity contribution in [1.82, 2.24) is 0 Å². The molecular weight excluding hydrogens is 528 g/mol. The van der Waals surface area contributed by atoms with Crippen LogP contribution in [0, 0.1) is 11.3 Å². The lowest BCUT2D eigenvalue weighted by Gasteiger charge is -2.33. The second-order valence-corrected chi connectivity index (χ2v) is 12.7. The summed E-state index contributed by atoms with van der Waals surface area (Å²) in [5.74, 6) is 0.539. The van der Waals surface area contributed by atoms with Crippen LogP contribution in [0.25, 0.3) is 10.8 Å². The molecule has 0 radical (unpaired) electrons. The van der Waals surface area contributed by atoms with Crippen molar-refractivity contribution in [2.45, 2.75) is 53.1 Å². The van der Waals surface area contributed by atoms with Crippen molar-refractivity contribution in [3.63, 3.8) is 0 Å². The zero-order valence-electron chi connectivity index (χ0n) is 22.6. The predicted octanol–water partition coefficient (Wildman–Crippen LogP) is 8.36. The summed E-state index contributed by atoms with van der Waals surface area (Å²) >= 11 is 7.48. The number of benzene rings is 3. The fourth-order valence-electron chi connectivity index (χ4n) is 5.16. The molecule has 3 aromatic carbocycles. The molecule has 1 aliphatic carbocycles. The van der Waals surface area contributed by atoms with Gasteiger partial charge in [-0.15, -0.1) is 11.3 Å². The summed E-state index contributed by atoms with van der Waals surface area (Å²) in [5, 5.41) is 9.36. The Kier molecular flexibility index (Phi) is 7.70. The van der Waals surface area contributed by atoms with Crippen LogP contribution >= 0.6 is 22.9 Å². The van der Waals surface area contributed by atoms with Crippen molar-refractivity contribution in [3.05, 3.63) is 87.8 Å². The second kappa shape index (κ2) is 11.0. The molecule has 0 saturated heterocycles. The molecule has 7 heteroatoms. The highest BCUT2D eigenvalue weighted by Gasteiger charge is 2.34. The number of hydrogen-bond acceptors (Lipinski definition) is 4. The van der Waals surface area contributed by atoms with Crippen LogP contribution in [0.4, 0.5) is 10.7 Å². The van der Waals surface area contributed by atoms with E-state index in [1.54, 1.807) is 31.2 Å². The molecule has 0 aliphatic heterocycles. The molecule has 5 nitrogen and oxygen atoms in total. The first-order chi connectivity index (χ1) is 18.6. The molecule has 39 heavy (non-hydrogen) atoms. The average molecular weight is 561 g/mol. The Morgan fingerprint density at radius 2 is 1.72 bits per heavy atom. The van der Waals surface area contributed by atoms with Crippen LogP contribution in [0.1, 0.15) is 54.9 Å². The minimum Gasteiger partial charge on any atom is -0.481 e. The highest BCUT2D eigenvalue weighted by atomic mass is 35.5. The lowest BCUT2D eigenvalue weighted by molar-refractivity contribution is -0.122. The number of carbonyl (C=O) groups is 2. The van der Waals surface area contributed by atoms with E-state index in [-0.39, 0.29) is 17.2 Å². The number of anilines is 2. The molecule has 0 saturated carbocycles. The maximum atomic E-state index is 13.9. The first kappa shape index (κ1) is 27.2. The Balaban J connectivity index is 1.45. The maximum Gasteiger partial charge on any atom is 0.265 e. The van der Waals surface area contributed by atoms with Gasteiger partial charge >= 0.3 is 0 Å². The van der Waals surface area contributed by atoms with Crippen LogP contribution in [0.5, 0.6) is 5.75 Å². The van der Waals surface area contributed by atoms with Gasteiger partial charge in [-0.2, -0.15) is 0 Å². The van der Waals surface area contributed by atoms with E-state index in [4.69, 9.17) is 16.3 Å². The van der Waals surface area contributed by atoms with Gasteiger partial charge in [0, 0.05) is 21.0 Å². The van der Waals surface area contributed by atoms with Crippen LogP contribution < -0.4 is 15.4 Å². The predicted molar refractivity (Wildman–Crippen MR) is 161 cm³/mol. The zero-order valence-corrected chi connectivity index (χ0v) is 24.2. The molecule has 2 atom stereocenters. The number of hydrogen-bond donors (Lipinski definition) is 2. The van der Waals surface area contributed by atoms with Gasteiger partial charge in [-0.05, 0) is 78.8 Å². The van der Waals surface area contributed by atoms with Crippen LogP contribution in [0.2, 0.25) is 5.02 Å². The Bertz CT molecular complexity index is 1520. The molecule has 5 rings (SSSR count). The fourth-order valence-corrected chi connectivity index (χ4v) is 6.61. The number of nitrogens with one attached hydrogen (secondary N) is 2. The van der Waals surface area contributed by atoms with E-state index in [1.165, 1.54) is 16.2 Å². The molecule has 2 amide bonds. The molecule has 1 aromatic heterocycles. The summed E-state index contributed by atoms with van der Waals surface area (Å²) in [6, 6.07) is 20.7. The standard InChI is InChI=1S/C32H33ClN2O3S/c1-19(38-23-15-13-22(33)14-16-23)29(36)35-31-28(25-17-12-21(32(2,3)4)18-27(25)39-31)30(37)34-26-11-7-9-20-8-5-6-10-24(20)26/h5-11,13-16,19,21H,12,17-18H2,1-4H3,(H,34,37)(H,35,36). The Hall–Kier alpha value is -3.35. The molecule has 4 aromatic rings. The van der Waals surface area contributed by atoms with Gasteiger partial charge in [-0.1, -0.05) is 68.8 Å². The third-order valence-corrected chi connectivity index (χ3v) is 8.91. The summed E-state index contributed by atoms with van der Waals surface area (Å²) in [7, 11) is 0. The smallest absolute Gasteiger partial charge is 0.265 e. The van der Waals surface area contributed by atoms with Gasteiger partial charge in [0.15, 0.2) is 6.10 Å². The summed E-state index contributed by atoms with van der Waals surface area (Å²) in [6.07, 6.45) is 1.94. The normalized spacial score (nSPS) is 15.9. The van der Waals surface area contributed by atoms with Crippen molar-refractivity contribution in [3.8, 4) is 5.75 Å². The molecule has 202 valence electrons. The van der Waals surface area contributed by atoms with Gasteiger partial charge in [0.05, 0.1) is 5.56 Å². The lowest BCUT2D eigenvalue weighted by Crippen LogP contribution is -2.30. The van der Waals surface area contributed by atoms with Gasteiger partial charge in [0.2, 0.25) is 0 Å². The summed E-state index contributed by atoms with van der Waals surface area (Å²) in [5.41, 5.74) is 2.51. The zero-order chi connectivity index (χ0) is 27.7. The van der Waals surface area contributed by atoms with E-state index in [2.05, 4.69) is 31.4 Å². The minimum atomic E-state index is -0.762. The lowest BCUT2D eigenvalue weighted by atomic mass is 9.72. The average Bonchev–Trinajstić information content (AvgIpc) is 3.26. The maximum absolute atomic E-state index is 13.9. The van der Waals surface area contributed by atoms with E-state index in [9.17, 15) is 9.59 Å². The Morgan fingerprint density at radius 1 is 1.00 bits per heavy atom. The number of amides is 2. The van der Waals surface area contributed by atoms with E-state index in [0.29, 0.717) is 27.3 Å². The minimum absolute atomic E-state index is 0.164. The Morgan fingerprint density at radius 3 is 2.46 bits per heavy atom. The number of carbonyl (C=O) groups excluding carboxylic acids is 2. The molecule has 2 unspecified atom stereocenters. The van der Waals surface area contributed by atoms with E-state index >= 15 is 0 Å². The van der Waals surface area contributed by atoms with Crippen LogP contribution in [0.3, 0.4) is 0 Å². The van der Waals surface area contributed by atoms with E-state index in [0.717, 1.165) is 41.3 Å². The van der Waals surface area contributed by atoms with Crippen molar-refractivity contribution in [2.24, 2.45) is 11.3 Å². The number of rotatable bonds is 6. The van der Waals surface area contributed by atoms with Gasteiger partial charge in [-0.3, -0.25) is 9.59 Å². The number of ether oxygens (including phenoxy) is 1. The quantitative estimate of drug-likeness (QED) is 0.249. The topological polar surface area (TPSA) is 67.4 Å². The van der Waals surface area contributed by atoms with Crippen LogP contribution in [-0.2, 0) is 17.6 Å². The molecule has 0 spiro atoms. The molecule has 0 fully saturated rings. The van der Waals surface area contributed by atoms with Gasteiger partial charge in [0.1, 0.15) is 10.8 Å². The SMILES string of the molecule is CC(Oc1ccc(Cl)cc1)C(=O)Nc1sc2c(c1C(=O)Nc1cccc3ccccc13)CCC(C(C)(C)C)C2. The monoisotopic (exact) mass is 560 g/mol. The van der Waals surface area contributed by atoms with E-state index in [1.807, 2.05) is 42.5 Å². The number of halogens is 1. The summed E-state index contributed by atoms with van der Waals surface area (Å²) in [4.78, 5) is 28.3. The first-order valence-electron chi connectivity index (χ1n) is 13.3. The largest absolute Gasteiger partial charge is 0.481 e. The molecule has 1 heterocycles. The highest BCUT2D eigenvalue weighted by Crippen LogP contribution is 2.44. The summed E-state index contributed by atoms with van der Waals surface area (Å²) in [6.45, 7) is 8.50. The third kappa shape index (κ3) is 5.97. The molecule has 1 aliphatic rings. The molecule has 2 N–H and O–H groups in total. The van der Waals surface area contributed by atoms with Crippen molar-refractivity contribution < 1.29 is 14.3 Å². The van der Waals surface area contributed by atoms with Crippen LogP contribution in [-0.4, -0.2) is 17.9 Å². The van der Waals surface area contributed by atoms with Crippen molar-refractivity contribution >= 4 is 56.2 Å². The van der Waals surface area contributed by atoms with Crippen molar-refractivity contribution in [2.75, 3.05) is 10.6 Å². The summed E-state index contributed by atoms with van der Waals surface area (Å²) < 4.78 is 5.84. The van der Waals surface area contributed by atoms with Gasteiger partial charge < -0.3 is 15.4 Å². The van der Waals surface area contributed by atoms with Crippen LogP contribution in [0.15, 0.2) is 66.7 Å². The van der Waals surface area contributed by atoms with E-state index < -0.39 is 6.10 Å². The molecule has 0 bridgehead atoms. The third-order valence-electron chi connectivity index (χ3n) is 7.49. The highest BCUT2D eigenvalue weighted by molar-refractivity contribution is 7.17. The molecular formula is C32H33ClN2O3S. The van der Waals surface area contributed by atoms with Crippen molar-refractivity contribution in [1.29, 1.82) is 0 Å². The number of thiophene rings is 1. The fraction of sp³-hybridized carbons (Fsp3) is 0.312. The Labute approximate surface area is 238 Å². The van der Waals surface area contributed by atoms with Gasteiger partial charge in [0.25, 0.3) is 11.8 Å². The number of fused-ring (bicyclic) bond motifs is 2. The first-order valence-corrected chi connectivity index (χ1v) is 14.5. The second-order valence-electron chi connectivity index (χ2n) is 11.2.